The Balaban J connectivity index is 1.54. The van der Waals surface area contributed by atoms with Gasteiger partial charge in [-0.3, -0.25) is 9.59 Å². The zero-order valence-electron chi connectivity index (χ0n) is 16.5. The second kappa shape index (κ2) is 9.55. The van der Waals surface area contributed by atoms with E-state index >= 15 is 0 Å². The molecule has 31 heavy (non-hydrogen) atoms. The first-order valence-electron chi connectivity index (χ1n) is 9.58. The summed E-state index contributed by atoms with van der Waals surface area (Å²) < 4.78 is 0. The van der Waals surface area contributed by atoms with Crippen LogP contribution in [0.5, 0.6) is 0 Å². The van der Waals surface area contributed by atoms with E-state index in [2.05, 4.69) is 25.6 Å². The van der Waals surface area contributed by atoms with Crippen molar-refractivity contribution in [3.63, 3.8) is 0 Å². The van der Waals surface area contributed by atoms with Crippen LogP contribution in [0.1, 0.15) is 39.5 Å². The maximum atomic E-state index is 12.3. The first kappa shape index (κ1) is 22.2. The average molecular weight is 449 g/mol. The highest BCUT2D eigenvalue weighted by molar-refractivity contribution is 7.13. The molecular formula is C18H23N7O5S. The zero-order valence-corrected chi connectivity index (χ0v) is 17.3. The van der Waals surface area contributed by atoms with Crippen molar-refractivity contribution in [2.24, 2.45) is 5.92 Å². The highest BCUT2D eigenvalue weighted by Gasteiger charge is 2.24. The van der Waals surface area contributed by atoms with Crippen LogP contribution >= 0.6 is 11.3 Å². The van der Waals surface area contributed by atoms with Gasteiger partial charge in [0.25, 0.3) is 5.91 Å². The zero-order chi connectivity index (χ0) is 22.5. The first-order valence-corrected chi connectivity index (χ1v) is 10.4. The number of fused-ring (bicyclic) bond motifs is 1. The van der Waals surface area contributed by atoms with Gasteiger partial charge >= 0.3 is 11.9 Å². The number of hydrogen-bond acceptors (Lipinski definition) is 10. The Labute approximate surface area is 181 Å². The van der Waals surface area contributed by atoms with Crippen LogP contribution in [0.3, 0.4) is 0 Å². The summed E-state index contributed by atoms with van der Waals surface area (Å²) in [7, 11) is 0. The monoisotopic (exact) mass is 449 g/mol. The van der Waals surface area contributed by atoms with Crippen LogP contribution in [0.2, 0.25) is 0 Å². The molecule has 1 unspecified atom stereocenters. The molecule has 0 saturated heterocycles. The van der Waals surface area contributed by atoms with Gasteiger partial charge in [-0.2, -0.15) is 9.97 Å². The Morgan fingerprint density at radius 3 is 2.77 bits per heavy atom. The van der Waals surface area contributed by atoms with Crippen LogP contribution in [-0.4, -0.2) is 55.6 Å². The maximum absolute atomic E-state index is 12.3. The van der Waals surface area contributed by atoms with Crippen molar-refractivity contribution in [2.75, 3.05) is 23.3 Å². The van der Waals surface area contributed by atoms with Crippen molar-refractivity contribution < 1.29 is 24.6 Å². The number of rotatable bonds is 9. The molecule has 0 bridgehead atoms. The Morgan fingerprint density at radius 2 is 2.06 bits per heavy atom. The smallest absolute Gasteiger partial charge is 0.326 e. The van der Waals surface area contributed by atoms with Crippen LogP contribution in [0.15, 0.2) is 6.20 Å². The predicted molar refractivity (Wildman–Crippen MR) is 113 cm³/mol. The second-order valence-electron chi connectivity index (χ2n) is 7.20. The lowest BCUT2D eigenvalue weighted by Crippen LogP contribution is -2.40. The van der Waals surface area contributed by atoms with Crippen molar-refractivity contribution in [3.05, 3.63) is 21.6 Å². The number of aliphatic carboxylic acids is 2. The van der Waals surface area contributed by atoms with Gasteiger partial charge in [0.2, 0.25) is 5.95 Å². The molecule has 0 aliphatic carbocycles. The third-order valence-corrected chi connectivity index (χ3v) is 5.96. The van der Waals surface area contributed by atoms with Crippen molar-refractivity contribution in [1.29, 1.82) is 0 Å². The maximum Gasteiger partial charge on any atom is 0.326 e. The minimum atomic E-state index is -1.28. The van der Waals surface area contributed by atoms with Gasteiger partial charge in [0.15, 0.2) is 0 Å². The molecule has 3 heterocycles. The lowest BCUT2D eigenvalue weighted by molar-refractivity contribution is -0.140. The van der Waals surface area contributed by atoms with E-state index < -0.39 is 23.9 Å². The summed E-state index contributed by atoms with van der Waals surface area (Å²) in [5, 5.41) is 24.2. The van der Waals surface area contributed by atoms with E-state index in [-0.39, 0.29) is 29.6 Å². The van der Waals surface area contributed by atoms with E-state index in [0.29, 0.717) is 31.0 Å². The Bertz CT molecular complexity index is 996. The quantitative estimate of drug-likeness (QED) is 0.308. The molecule has 2 aromatic rings. The molecule has 1 aliphatic heterocycles. The third-order valence-electron chi connectivity index (χ3n) is 4.90. The number of nitrogens with one attached hydrogen (secondary N) is 2. The molecule has 0 spiro atoms. The minimum Gasteiger partial charge on any atom is -0.481 e. The fraction of sp³-hybridized carbons (Fsp3) is 0.444. The van der Waals surface area contributed by atoms with Gasteiger partial charge in [0.1, 0.15) is 22.6 Å². The normalized spacial score (nSPS) is 16.1. The fourth-order valence-corrected chi connectivity index (χ4v) is 4.12. The van der Waals surface area contributed by atoms with E-state index in [9.17, 15) is 14.4 Å². The van der Waals surface area contributed by atoms with Crippen LogP contribution in [0, 0.1) is 5.92 Å². The van der Waals surface area contributed by atoms with E-state index in [1.165, 1.54) is 17.5 Å². The molecule has 1 aliphatic rings. The van der Waals surface area contributed by atoms with Gasteiger partial charge in [-0.05, 0) is 31.6 Å². The van der Waals surface area contributed by atoms with Gasteiger partial charge < -0.3 is 32.3 Å². The molecule has 2 aromatic heterocycles. The Hall–Kier alpha value is -3.48. The number of nitrogens with two attached hydrogens (primary N) is 2. The number of carbonyl (C=O) groups is 3. The summed E-state index contributed by atoms with van der Waals surface area (Å²) in [6.07, 6.45) is 2.98. The van der Waals surface area contributed by atoms with Gasteiger partial charge in [-0.15, -0.1) is 11.3 Å². The Morgan fingerprint density at radius 1 is 1.29 bits per heavy atom. The van der Waals surface area contributed by atoms with Crippen molar-refractivity contribution >= 4 is 46.8 Å². The van der Waals surface area contributed by atoms with Crippen molar-refractivity contribution in [1.82, 2.24) is 20.3 Å². The molecule has 166 valence electrons. The lowest BCUT2D eigenvalue weighted by Gasteiger charge is -2.25. The second-order valence-corrected chi connectivity index (χ2v) is 8.31. The number of carboxylic acids is 2. The summed E-state index contributed by atoms with van der Waals surface area (Å²) in [5.74, 6) is -1.57. The van der Waals surface area contributed by atoms with E-state index in [4.69, 9.17) is 21.7 Å². The van der Waals surface area contributed by atoms with Crippen LogP contribution in [0.4, 0.5) is 17.6 Å². The van der Waals surface area contributed by atoms with Crippen molar-refractivity contribution in [3.8, 4) is 0 Å². The molecule has 12 nitrogen and oxygen atoms in total. The highest BCUT2D eigenvalue weighted by atomic mass is 32.1. The number of nitrogens with zero attached hydrogens (tertiary/aromatic N) is 3. The lowest BCUT2D eigenvalue weighted by atomic mass is 9.92. The fourth-order valence-electron chi connectivity index (χ4n) is 3.29. The molecular weight excluding hydrogens is 426 g/mol. The number of aromatic nitrogens is 3. The van der Waals surface area contributed by atoms with Crippen LogP contribution < -0.4 is 22.1 Å². The van der Waals surface area contributed by atoms with Crippen LogP contribution in [0.25, 0.3) is 0 Å². The number of amides is 1. The largest absolute Gasteiger partial charge is 0.481 e. The van der Waals surface area contributed by atoms with Crippen LogP contribution in [-0.2, 0) is 22.4 Å². The standard InChI is InChI=1S/C18H23N7O5S/c19-14-9-5-8(6-22-15(9)25-18(20)24-14)1-3-12-21-7-11(31-12)16(28)23-10(17(29)30)2-4-13(26)27/h7-8,10H,1-6H2,(H,23,28)(H,26,27)(H,29,30)(H5,19,20,22,24,25)/t8?,10-/m0/s1. The first-order chi connectivity index (χ1) is 14.7. The number of carboxylic acid groups (broad SMARTS) is 2. The van der Waals surface area contributed by atoms with Crippen molar-refractivity contribution in [2.45, 2.75) is 38.1 Å². The molecule has 0 saturated carbocycles. The molecule has 3 rings (SSSR count). The molecule has 2 atom stereocenters. The van der Waals surface area contributed by atoms with E-state index in [0.717, 1.165) is 17.0 Å². The SMILES string of the molecule is Nc1nc(N)c2c(n1)NCC(CCc1ncc(C(=O)N[C@@H](CCC(=O)O)C(=O)O)s1)C2. The molecule has 13 heteroatoms. The molecule has 0 radical (unpaired) electrons. The average Bonchev–Trinajstić information content (AvgIpc) is 3.18. The molecule has 8 N–H and O–H groups in total. The van der Waals surface area contributed by atoms with Gasteiger partial charge in [-0.25, -0.2) is 9.78 Å². The molecule has 0 aromatic carbocycles. The number of thiazole rings is 1. The Kier molecular flexibility index (Phi) is 6.84. The number of anilines is 3. The van der Waals surface area contributed by atoms with E-state index in [1.807, 2.05) is 0 Å². The third kappa shape index (κ3) is 5.78. The minimum absolute atomic E-state index is 0.129. The topological polar surface area (TPSA) is 206 Å². The number of aryl methyl sites for hydroxylation is 1. The summed E-state index contributed by atoms with van der Waals surface area (Å²) in [5.41, 5.74) is 12.4. The highest BCUT2D eigenvalue weighted by Crippen LogP contribution is 2.29. The van der Waals surface area contributed by atoms with E-state index in [1.54, 1.807) is 0 Å². The summed E-state index contributed by atoms with van der Waals surface area (Å²) in [6, 6.07) is -1.27. The number of nitrogen functional groups attached to an aromatic ring is 2. The van der Waals surface area contributed by atoms with Gasteiger partial charge in [-0.1, -0.05) is 0 Å². The summed E-state index contributed by atoms with van der Waals surface area (Å²) >= 11 is 1.18. The number of hydrogen-bond donors (Lipinski definition) is 6. The molecule has 0 fully saturated rings. The number of carbonyl (C=O) groups excluding carboxylic acids is 1. The summed E-state index contributed by atoms with van der Waals surface area (Å²) in [6.45, 7) is 0.700. The summed E-state index contributed by atoms with van der Waals surface area (Å²) in [4.78, 5) is 46.9. The van der Waals surface area contributed by atoms with Gasteiger partial charge in [0, 0.05) is 18.5 Å². The van der Waals surface area contributed by atoms with Gasteiger partial charge in [0.05, 0.1) is 11.2 Å². The molecule has 1 amide bonds. The predicted octanol–water partition coefficient (Wildman–Crippen LogP) is 0.362.